The minimum absolute atomic E-state index is 0.0562. The van der Waals surface area contributed by atoms with Crippen molar-refractivity contribution in [3.8, 4) is 6.07 Å². The Morgan fingerprint density at radius 3 is 2.61 bits per heavy atom. The topological polar surface area (TPSA) is 40.9 Å². The lowest BCUT2D eigenvalue weighted by atomic mass is 10.2. The minimum atomic E-state index is -0.926. The maximum atomic E-state index is 12.2. The summed E-state index contributed by atoms with van der Waals surface area (Å²) in [5.41, 5.74) is 1.64. The zero-order chi connectivity index (χ0) is 13.0. The largest absolute Gasteiger partial charge is 0.259 e. The van der Waals surface area contributed by atoms with Gasteiger partial charge in [-0.25, -0.2) is 0 Å². The number of rotatable bonds is 4. The van der Waals surface area contributed by atoms with Gasteiger partial charge >= 0.3 is 0 Å². The minimum Gasteiger partial charge on any atom is -0.259 e. The molecule has 2 rings (SSSR count). The number of nitriles is 1. The SMILES string of the molecule is C[C@@H](c1cccs1)[S@](=O)Cc1ccc(C#N)cc1. The highest BCUT2D eigenvalue weighted by molar-refractivity contribution is 7.84. The first kappa shape index (κ1) is 13.0. The third kappa shape index (κ3) is 3.06. The number of benzene rings is 1. The molecule has 0 aliphatic heterocycles. The van der Waals surface area contributed by atoms with E-state index in [0.29, 0.717) is 11.3 Å². The highest BCUT2D eigenvalue weighted by Gasteiger charge is 2.14. The molecule has 1 heterocycles. The maximum Gasteiger partial charge on any atom is 0.0991 e. The van der Waals surface area contributed by atoms with E-state index in [9.17, 15) is 4.21 Å². The van der Waals surface area contributed by atoms with E-state index in [2.05, 4.69) is 6.07 Å². The molecule has 0 bridgehead atoms. The molecule has 2 nitrogen and oxygen atoms in total. The van der Waals surface area contributed by atoms with Crippen LogP contribution in [-0.4, -0.2) is 4.21 Å². The van der Waals surface area contributed by atoms with Gasteiger partial charge in [-0.05, 0) is 36.1 Å². The van der Waals surface area contributed by atoms with Gasteiger partial charge in [0.2, 0.25) is 0 Å². The van der Waals surface area contributed by atoms with Crippen molar-refractivity contribution in [1.82, 2.24) is 0 Å². The van der Waals surface area contributed by atoms with Gasteiger partial charge in [0, 0.05) is 21.4 Å². The van der Waals surface area contributed by atoms with E-state index in [1.165, 1.54) is 0 Å². The standard InChI is InChI=1S/C14H13NOS2/c1-11(14-3-2-8-17-14)18(16)10-13-6-4-12(9-15)5-7-13/h2-8,11H,10H2,1H3/t11-,18+/m0/s1. The van der Waals surface area contributed by atoms with Gasteiger partial charge in [0.25, 0.3) is 0 Å². The van der Waals surface area contributed by atoms with Crippen molar-refractivity contribution in [2.45, 2.75) is 17.9 Å². The Bertz CT molecular complexity index is 567. The number of nitrogens with zero attached hydrogens (tertiary/aromatic N) is 1. The van der Waals surface area contributed by atoms with Crippen molar-refractivity contribution in [2.24, 2.45) is 0 Å². The smallest absolute Gasteiger partial charge is 0.0991 e. The zero-order valence-corrected chi connectivity index (χ0v) is 11.6. The first-order valence-corrected chi connectivity index (χ1v) is 7.86. The van der Waals surface area contributed by atoms with Crippen LogP contribution in [0.2, 0.25) is 0 Å². The summed E-state index contributed by atoms with van der Waals surface area (Å²) in [5, 5.41) is 10.8. The fourth-order valence-corrected chi connectivity index (χ4v) is 3.88. The molecule has 0 saturated heterocycles. The van der Waals surface area contributed by atoms with Crippen molar-refractivity contribution in [1.29, 1.82) is 5.26 Å². The van der Waals surface area contributed by atoms with Crippen LogP contribution in [0.1, 0.15) is 28.2 Å². The molecule has 92 valence electrons. The monoisotopic (exact) mass is 275 g/mol. The predicted molar refractivity (Wildman–Crippen MR) is 75.7 cm³/mol. The quantitative estimate of drug-likeness (QED) is 0.855. The van der Waals surface area contributed by atoms with Crippen LogP contribution in [-0.2, 0) is 16.6 Å². The highest BCUT2D eigenvalue weighted by atomic mass is 32.2. The normalized spacial score (nSPS) is 13.8. The van der Waals surface area contributed by atoms with E-state index in [1.807, 2.05) is 36.6 Å². The van der Waals surface area contributed by atoms with Gasteiger partial charge in [0.1, 0.15) is 0 Å². The Morgan fingerprint density at radius 1 is 1.33 bits per heavy atom. The van der Waals surface area contributed by atoms with E-state index < -0.39 is 10.8 Å². The van der Waals surface area contributed by atoms with Crippen molar-refractivity contribution >= 4 is 22.1 Å². The molecule has 0 aliphatic rings. The zero-order valence-electron chi connectivity index (χ0n) is 10.00. The summed E-state index contributed by atoms with van der Waals surface area (Å²) in [6, 6.07) is 13.4. The molecule has 0 fully saturated rings. The van der Waals surface area contributed by atoms with Gasteiger partial charge in [-0.3, -0.25) is 4.21 Å². The van der Waals surface area contributed by atoms with Gasteiger partial charge in [0.15, 0.2) is 0 Å². The summed E-state index contributed by atoms with van der Waals surface area (Å²) in [7, 11) is -0.926. The summed E-state index contributed by atoms with van der Waals surface area (Å²) in [4.78, 5) is 1.15. The molecule has 0 aliphatic carbocycles. The molecule has 0 amide bonds. The first-order valence-electron chi connectivity index (χ1n) is 5.60. The van der Waals surface area contributed by atoms with Crippen molar-refractivity contribution in [3.63, 3.8) is 0 Å². The lowest BCUT2D eigenvalue weighted by Gasteiger charge is -2.09. The van der Waals surface area contributed by atoms with Crippen molar-refractivity contribution < 1.29 is 4.21 Å². The fourth-order valence-electron chi connectivity index (χ4n) is 1.62. The fraction of sp³-hybridized carbons (Fsp3) is 0.214. The lowest BCUT2D eigenvalue weighted by Crippen LogP contribution is -2.03. The van der Waals surface area contributed by atoms with Crippen LogP contribution in [0.4, 0.5) is 0 Å². The maximum absolute atomic E-state index is 12.2. The van der Waals surface area contributed by atoms with Crippen LogP contribution >= 0.6 is 11.3 Å². The molecule has 2 aromatic rings. The number of hydrogen-bond donors (Lipinski definition) is 0. The summed E-state index contributed by atoms with van der Waals surface area (Å²) >= 11 is 1.64. The van der Waals surface area contributed by atoms with Gasteiger partial charge < -0.3 is 0 Å². The Balaban J connectivity index is 2.05. The third-order valence-corrected chi connectivity index (χ3v) is 5.59. The highest BCUT2D eigenvalue weighted by Crippen LogP contribution is 2.25. The second-order valence-corrected chi connectivity index (χ2v) is 6.73. The molecule has 2 atom stereocenters. The van der Waals surface area contributed by atoms with Gasteiger partial charge in [-0.1, -0.05) is 18.2 Å². The molecule has 0 unspecified atom stereocenters. The molecule has 0 radical (unpaired) electrons. The van der Waals surface area contributed by atoms with Crippen LogP contribution in [0, 0.1) is 11.3 Å². The summed E-state index contributed by atoms with van der Waals surface area (Å²) in [6.07, 6.45) is 0. The molecule has 1 aromatic heterocycles. The number of thiophene rings is 1. The summed E-state index contributed by atoms with van der Waals surface area (Å²) in [5.74, 6) is 0.533. The Morgan fingerprint density at radius 2 is 2.06 bits per heavy atom. The van der Waals surface area contributed by atoms with Crippen molar-refractivity contribution in [2.75, 3.05) is 0 Å². The Kier molecular flexibility index (Phi) is 4.29. The van der Waals surface area contributed by atoms with Crippen LogP contribution in [0.3, 0.4) is 0 Å². The Hall–Kier alpha value is -1.44. The van der Waals surface area contributed by atoms with E-state index >= 15 is 0 Å². The molecule has 1 aromatic carbocycles. The van der Waals surface area contributed by atoms with Gasteiger partial charge in [-0.15, -0.1) is 11.3 Å². The second kappa shape index (κ2) is 5.94. The van der Waals surface area contributed by atoms with Gasteiger partial charge in [0.05, 0.1) is 16.9 Å². The van der Waals surface area contributed by atoms with Crippen LogP contribution in [0.25, 0.3) is 0 Å². The lowest BCUT2D eigenvalue weighted by molar-refractivity contribution is 0.676. The van der Waals surface area contributed by atoms with E-state index in [1.54, 1.807) is 23.5 Å². The third-order valence-electron chi connectivity index (χ3n) is 2.73. The molecule has 18 heavy (non-hydrogen) atoms. The first-order chi connectivity index (χ1) is 8.70. The molecule has 4 heteroatoms. The van der Waals surface area contributed by atoms with Crippen LogP contribution in [0.15, 0.2) is 41.8 Å². The van der Waals surface area contributed by atoms with Crippen LogP contribution < -0.4 is 0 Å². The van der Waals surface area contributed by atoms with E-state index in [4.69, 9.17) is 5.26 Å². The summed E-state index contributed by atoms with van der Waals surface area (Å²) < 4.78 is 12.2. The molecule has 0 saturated carbocycles. The van der Waals surface area contributed by atoms with Crippen LogP contribution in [0.5, 0.6) is 0 Å². The number of hydrogen-bond acceptors (Lipinski definition) is 3. The van der Waals surface area contributed by atoms with E-state index in [-0.39, 0.29) is 5.25 Å². The molecule has 0 spiro atoms. The summed E-state index contributed by atoms with van der Waals surface area (Å²) in [6.45, 7) is 1.99. The average Bonchev–Trinajstić information content (AvgIpc) is 2.92. The molecule has 0 N–H and O–H groups in total. The van der Waals surface area contributed by atoms with E-state index in [0.717, 1.165) is 10.4 Å². The van der Waals surface area contributed by atoms with Gasteiger partial charge in [-0.2, -0.15) is 5.26 Å². The molecular weight excluding hydrogens is 262 g/mol. The second-order valence-electron chi connectivity index (χ2n) is 3.99. The Labute approximate surface area is 113 Å². The predicted octanol–water partition coefficient (Wildman–Crippen LogP) is 3.63. The van der Waals surface area contributed by atoms with Crippen molar-refractivity contribution in [3.05, 3.63) is 57.8 Å². The molecular formula is C14H13NOS2. The average molecular weight is 275 g/mol.